The van der Waals surface area contributed by atoms with E-state index in [4.69, 9.17) is 23.2 Å². The SMILES string of the molecule is Cc1cc(/C=C(\C#N)C(=O)NC2CCCCC2)c(C)n1-c1ccc(Cl)cc1Cl. The summed E-state index contributed by atoms with van der Waals surface area (Å²) in [4.78, 5) is 12.6. The summed E-state index contributed by atoms with van der Waals surface area (Å²) < 4.78 is 2.00. The van der Waals surface area contributed by atoms with Crippen LogP contribution in [0.5, 0.6) is 0 Å². The lowest BCUT2D eigenvalue weighted by atomic mass is 9.95. The maximum absolute atomic E-state index is 12.6. The number of benzene rings is 1. The molecule has 2 aromatic rings. The van der Waals surface area contributed by atoms with Crippen molar-refractivity contribution < 1.29 is 4.79 Å². The van der Waals surface area contributed by atoms with Crippen LogP contribution in [0.1, 0.15) is 49.1 Å². The molecule has 1 saturated carbocycles. The summed E-state index contributed by atoms with van der Waals surface area (Å²) in [6.45, 7) is 3.90. The number of carbonyl (C=O) groups is 1. The number of nitrogens with zero attached hydrogens (tertiary/aromatic N) is 2. The lowest BCUT2D eigenvalue weighted by molar-refractivity contribution is -0.117. The summed E-state index contributed by atoms with van der Waals surface area (Å²) in [5.74, 6) is -0.302. The van der Waals surface area contributed by atoms with E-state index in [-0.39, 0.29) is 17.5 Å². The van der Waals surface area contributed by atoms with E-state index in [1.807, 2.05) is 30.5 Å². The summed E-state index contributed by atoms with van der Waals surface area (Å²) in [7, 11) is 0. The third kappa shape index (κ3) is 4.43. The molecule has 0 atom stereocenters. The maximum atomic E-state index is 12.6. The predicted octanol–water partition coefficient (Wildman–Crippen LogP) is 5.76. The lowest BCUT2D eigenvalue weighted by Crippen LogP contribution is -2.36. The van der Waals surface area contributed by atoms with E-state index >= 15 is 0 Å². The number of halogens is 2. The molecule has 1 aromatic carbocycles. The molecule has 1 fully saturated rings. The third-order valence-corrected chi connectivity index (χ3v) is 5.76. The molecule has 4 nitrogen and oxygen atoms in total. The third-order valence-electron chi connectivity index (χ3n) is 5.23. The molecule has 0 unspecified atom stereocenters. The van der Waals surface area contributed by atoms with Gasteiger partial charge >= 0.3 is 0 Å². The minimum atomic E-state index is -0.302. The van der Waals surface area contributed by atoms with E-state index in [1.165, 1.54) is 6.42 Å². The van der Waals surface area contributed by atoms with E-state index in [1.54, 1.807) is 18.2 Å². The number of aryl methyl sites for hydroxylation is 1. The van der Waals surface area contributed by atoms with Crippen LogP contribution in [-0.2, 0) is 4.79 Å². The highest BCUT2D eigenvalue weighted by atomic mass is 35.5. The topological polar surface area (TPSA) is 57.8 Å². The van der Waals surface area contributed by atoms with Crippen molar-refractivity contribution in [1.82, 2.24) is 9.88 Å². The first-order valence-electron chi connectivity index (χ1n) is 9.47. The molecule has 1 heterocycles. The first-order chi connectivity index (χ1) is 13.4. The molecule has 1 N–H and O–H groups in total. The van der Waals surface area contributed by atoms with Crippen LogP contribution in [0.15, 0.2) is 29.8 Å². The van der Waals surface area contributed by atoms with Gasteiger partial charge in [-0.25, -0.2) is 0 Å². The van der Waals surface area contributed by atoms with E-state index < -0.39 is 0 Å². The fourth-order valence-corrected chi connectivity index (χ4v) is 4.27. The summed E-state index contributed by atoms with van der Waals surface area (Å²) in [5.41, 5.74) is 3.61. The highest BCUT2D eigenvalue weighted by Gasteiger charge is 2.19. The number of carbonyl (C=O) groups excluding carboxylic acids is 1. The van der Waals surface area contributed by atoms with Crippen molar-refractivity contribution in [3.8, 4) is 11.8 Å². The van der Waals surface area contributed by atoms with Crippen LogP contribution in [0, 0.1) is 25.2 Å². The van der Waals surface area contributed by atoms with Crippen LogP contribution in [-0.4, -0.2) is 16.5 Å². The van der Waals surface area contributed by atoms with E-state index in [9.17, 15) is 10.1 Å². The van der Waals surface area contributed by atoms with Gasteiger partial charge in [0.1, 0.15) is 11.6 Å². The minimum absolute atomic E-state index is 0.119. The Morgan fingerprint density at radius 2 is 1.93 bits per heavy atom. The van der Waals surface area contributed by atoms with Crippen molar-refractivity contribution in [2.45, 2.75) is 52.0 Å². The zero-order valence-electron chi connectivity index (χ0n) is 16.1. The Labute approximate surface area is 175 Å². The molecule has 0 bridgehead atoms. The summed E-state index contributed by atoms with van der Waals surface area (Å²) in [6, 6.07) is 9.51. The van der Waals surface area contributed by atoms with Crippen molar-refractivity contribution in [3.05, 3.63) is 56.8 Å². The standard InChI is InChI=1S/C22H23Cl2N3O/c1-14-10-16(15(2)27(14)21-9-8-18(23)12-20(21)24)11-17(13-25)22(28)26-19-6-4-3-5-7-19/h8-12,19H,3-7H2,1-2H3,(H,26,28)/b17-11+. The van der Waals surface area contributed by atoms with Crippen LogP contribution in [0.4, 0.5) is 0 Å². The molecule has 6 heteroatoms. The Morgan fingerprint density at radius 3 is 2.57 bits per heavy atom. The zero-order chi connectivity index (χ0) is 20.3. The average molecular weight is 416 g/mol. The fourth-order valence-electron chi connectivity index (χ4n) is 3.78. The van der Waals surface area contributed by atoms with E-state index in [0.29, 0.717) is 10.0 Å². The Bertz CT molecular complexity index is 963. The number of aromatic nitrogens is 1. The molecular weight excluding hydrogens is 393 g/mol. The molecule has 0 radical (unpaired) electrons. The number of rotatable bonds is 4. The predicted molar refractivity (Wildman–Crippen MR) is 114 cm³/mol. The van der Waals surface area contributed by atoms with Gasteiger partial charge in [-0.05, 0) is 62.6 Å². The Balaban J connectivity index is 1.90. The first kappa shape index (κ1) is 20.5. The normalized spacial score (nSPS) is 15.3. The monoisotopic (exact) mass is 415 g/mol. The Hall–Kier alpha value is -2.22. The van der Waals surface area contributed by atoms with Crippen molar-refractivity contribution in [1.29, 1.82) is 5.26 Å². The van der Waals surface area contributed by atoms with E-state index in [2.05, 4.69) is 11.4 Å². The second-order valence-corrected chi connectivity index (χ2v) is 8.08. The molecule has 28 heavy (non-hydrogen) atoms. The average Bonchev–Trinajstić information content (AvgIpc) is 2.94. The smallest absolute Gasteiger partial charge is 0.262 e. The second-order valence-electron chi connectivity index (χ2n) is 7.24. The van der Waals surface area contributed by atoms with Gasteiger partial charge in [-0.15, -0.1) is 0 Å². The molecular formula is C22H23Cl2N3O. The number of nitriles is 1. The largest absolute Gasteiger partial charge is 0.349 e. The molecule has 1 aliphatic rings. The van der Waals surface area contributed by atoms with Crippen LogP contribution in [0.25, 0.3) is 11.8 Å². The fraction of sp³-hybridized carbons (Fsp3) is 0.364. The molecule has 0 aliphatic heterocycles. The van der Waals surface area contributed by atoms with Crippen molar-refractivity contribution in [2.75, 3.05) is 0 Å². The van der Waals surface area contributed by atoms with Crippen LogP contribution >= 0.6 is 23.2 Å². The summed E-state index contributed by atoms with van der Waals surface area (Å²) in [6.07, 6.45) is 7.08. The van der Waals surface area contributed by atoms with Gasteiger partial charge in [0.2, 0.25) is 0 Å². The molecule has 1 amide bonds. The maximum Gasteiger partial charge on any atom is 0.262 e. The van der Waals surface area contributed by atoms with Gasteiger partial charge in [0, 0.05) is 22.5 Å². The summed E-state index contributed by atoms with van der Waals surface area (Å²) >= 11 is 12.4. The van der Waals surface area contributed by atoms with E-state index in [0.717, 1.165) is 48.3 Å². The molecule has 3 rings (SSSR count). The van der Waals surface area contributed by atoms with Gasteiger partial charge in [0.15, 0.2) is 0 Å². The van der Waals surface area contributed by atoms with Crippen molar-refractivity contribution in [3.63, 3.8) is 0 Å². The van der Waals surface area contributed by atoms with Gasteiger partial charge in [-0.2, -0.15) is 5.26 Å². The highest BCUT2D eigenvalue weighted by Crippen LogP contribution is 2.29. The van der Waals surface area contributed by atoms with Crippen LogP contribution in [0.2, 0.25) is 10.0 Å². The first-order valence-corrected chi connectivity index (χ1v) is 10.2. The molecule has 146 valence electrons. The quantitative estimate of drug-likeness (QED) is 0.509. The summed E-state index contributed by atoms with van der Waals surface area (Å²) in [5, 5.41) is 13.6. The Morgan fingerprint density at radius 1 is 1.21 bits per heavy atom. The molecule has 0 saturated heterocycles. The number of amides is 1. The van der Waals surface area contributed by atoms with Gasteiger partial charge in [-0.3, -0.25) is 4.79 Å². The van der Waals surface area contributed by atoms with Crippen LogP contribution in [0.3, 0.4) is 0 Å². The van der Waals surface area contributed by atoms with Gasteiger partial charge < -0.3 is 9.88 Å². The molecule has 1 aromatic heterocycles. The minimum Gasteiger partial charge on any atom is -0.349 e. The number of nitrogens with one attached hydrogen (secondary N) is 1. The molecule has 0 spiro atoms. The lowest BCUT2D eigenvalue weighted by Gasteiger charge is -2.22. The highest BCUT2D eigenvalue weighted by molar-refractivity contribution is 6.35. The number of hydrogen-bond donors (Lipinski definition) is 1. The number of hydrogen-bond acceptors (Lipinski definition) is 2. The van der Waals surface area contributed by atoms with Gasteiger partial charge in [0.05, 0.1) is 10.7 Å². The van der Waals surface area contributed by atoms with Gasteiger partial charge in [0.25, 0.3) is 5.91 Å². The zero-order valence-corrected chi connectivity index (χ0v) is 17.6. The Kier molecular flexibility index (Phi) is 6.49. The second kappa shape index (κ2) is 8.86. The van der Waals surface area contributed by atoms with Crippen molar-refractivity contribution in [2.24, 2.45) is 0 Å². The van der Waals surface area contributed by atoms with Gasteiger partial charge in [-0.1, -0.05) is 42.5 Å². The van der Waals surface area contributed by atoms with Crippen LogP contribution < -0.4 is 5.32 Å². The van der Waals surface area contributed by atoms with Crippen molar-refractivity contribution >= 4 is 35.2 Å². The molecule has 1 aliphatic carbocycles.